The molecule has 0 saturated carbocycles. The van der Waals surface area contributed by atoms with Gasteiger partial charge in [-0.3, -0.25) is 4.79 Å². The molecule has 0 aliphatic carbocycles. The number of nitrogens with one attached hydrogen (secondary N) is 1. The van der Waals surface area contributed by atoms with Gasteiger partial charge in [0.15, 0.2) is 11.5 Å². The summed E-state index contributed by atoms with van der Waals surface area (Å²) in [5, 5.41) is 4.79. The minimum Gasteiger partial charge on any atom is -0.493 e. The number of nitrogens with zero attached hydrogens (tertiary/aromatic N) is 2. The van der Waals surface area contributed by atoms with Crippen LogP contribution in [0.2, 0.25) is 0 Å². The number of thiazole rings is 1. The summed E-state index contributed by atoms with van der Waals surface area (Å²) < 4.78 is 10.7. The lowest BCUT2D eigenvalue weighted by Crippen LogP contribution is -2.17. The third-order valence-electron chi connectivity index (χ3n) is 3.89. The number of carbonyl (C=O) groups is 2. The standard InChI is InChI=1S/C21H19N3O4S/c1-13-19(29-14(2)23-13)20(25)24-22-12-15-9-10-17(18(11-15)27-3)28-21(26)16-7-5-4-6-8-16/h4-12H,1-3H3,(H,24,25)/b22-12+. The Kier molecular flexibility index (Phi) is 6.36. The molecule has 3 aromatic rings. The summed E-state index contributed by atoms with van der Waals surface area (Å²) in [4.78, 5) is 29.1. The van der Waals surface area contributed by atoms with Gasteiger partial charge in [-0.15, -0.1) is 11.3 Å². The maximum atomic E-state index is 12.2. The molecule has 0 bridgehead atoms. The van der Waals surface area contributed by atoms with Crippen LogP contribution in [0.1, 0.15) is 36.3 Å². The first-order chi connectivity index (χ1) is 14.0. The number of rotatable bonds is 6. The van der Waals surface area contributed by atoms with Crippen molar-refractivity contribution in [1.29, 1.82) is 0 Å². The van der Waals surface area contributed by atoms with Crippen molar-refractivity contribution in [3.63, 3.8) is 0 Å². The molecule has 0 aliphatic heterocycles. The van der Waals surface area contributed by atoms with Crippen LogP contribution in [0.15, 0.2) is 53.6 Å². The van der Waals surface area contributed by atoms with E-state index in [2.05, 4.69) is 15.5 Å². The van der Waals surface area contributed by atoms with Gasteiger partial charge in [0.25, 0.3) is 5.91 Å². The number of carbonyl (C=O) groups excluding carboxylic acids is 2. The fraction of sp³-hybridized carbons (Fsp3) is 0.143. The molecule has 7 nitrogen and oxygen atoms in total. The average Bonchev–Trinajstić information content (AvgIpc) is 3.07. The normalized spacial score (nSPS) is 10.7. The molecule has 29 heavy (non-hydrogen) atoms. The topological polar surface area (TPSA) is 89.9 Å². The van der Waals surface area contributed by atoms with E-state index in [0.29, 0.717) is 33.2 Å². The summed E-state index contributed by atoms with van der Waals surface area (Å²) in [6, 6.07) is 13.7. The van der Waals surface area contributed by atoms with Crippen molar-refractivity contribution in [1.82, 2.24) is 10.4 Å². The first-order valence-corrected chi connectivity index (χ1v) is 9.52. The van der Waals surface area contributed by atoms with Gasteiger partial charge in [-0.25, -0.2) is 15.2 Å². The lowest BCUT2D eigenvalue weighted by atomic mass is 10.2. The highest BCUT2D eigenvalue weighted by atomic mass is 32.1. The average molecular weight is 409 g/mol. The monoisotopic (exact) mass is 409 g/mol. The third-order valence-corrected chi connectivity index (χ3v) is 4.96. The highest BCUT2D eigenvalue weighted by Crippen LogP contribution is 2.28. The first kappa shape index (κ1) is 20.2. The van der Waals surface area contributed by atoms with Crippen LogP contribution in [0, 0.1) is 13.8 Å². The molecule has 3 rings (SSSR count). The largest absolute Gasteiger partial charge is 0.493 e. The van der Waals surface area contributed by atoms with Gasteiger partial charge in [-0.2, -0.15) is 5.10 Å². The Morgan fingerprint density at radius 3 is 2.52 bits per heavy atom. The predicted octanol–water partition coefficient (Wildman–Crippen LogP) is 3.75. The Morgan fingerprint density at radius 2 is 1.86 bits per heavy atom. The minimum absolute atomic E-state index is 0.290. The Bertz CT molecular complexity index is 1060. The fourth-order valence-corrected chi connectivity index (χ4v) is 3.35. The second-order valence-corrected chi connectivity index (χ2v) is 7.22. The summed E-state index contributed by atoms with van der Waals surface area (Å²) in [5.74, 6) is -0.130. The molecule has 1 aromatic heterocycles. The summed E-state index contributed by atoms with van der Waals surface area (Å²) in [7, 11) is 1.48. The number of methoxy groups -OCH3 is 1. The van der Waals surface area contributed by atoms with Crippen LogP contribution in [0.5, 0.6) is 11.5 Å². The molecule has 0 atom stereocenters. The quantitative estimate of drug-likeness (QED) is 0.290. The molecule has 0 saturated heterocycles. The number of amides is 1. The number of benzene rings is 2. The zero-order chi connectivity index (χ0) is 20.8. The van der Waals surface area contributed by atoms with Gasteiger partial charge in [-0.1, -0.05) is 18.2 Å². The molecule has 8 heteroatoms. The van der Waals surface area contributed by atoms with E-state index in [1.807, 2.05) is 13.0 Å². The van der Waals surface area contributed by atoms with Crippen LogP contribution in [0.4, 0.5) is 0 Å². The van der Waals surface area contributed by atoms with Crippen LogP contribution < -0.4 is 14.9 Å². The lowest BCUT2D eigenvalue weighted by molar-refractivity contribution is 0.0729. The SMILES string of the molecule is COc1cc(/C=N/NC(=O)c2sc(C)nc2C)ccc1OC(=O)c1ccccc1. The molecular weight excluding hydrogens is 390 g/mol. The number of hydrazone groups is 1. The molecule has 0 spiro atoms. The van der Waals surface area contributed by atoms with E-state index in [1.165, 1.54) is 24.7 Å². The zero-order valence-electron chi connectivity index (χ0n) is 16.1. The maximum absolute atomic E-state index is 12.2. The minimum atomic E-state index is -0.479. The van der Waals surface area contributed by atoms with Crippen molar-refractivity contribution < 1.29 is 19.1 Å². The van der Waals surface area contributed by atoms with E-state index in [9.17, 15) is 9.59 Å². The Morgan fingerprint density at radius 1 is 1.10 bits per heavy atom. The summed E-state index contributed by atoms with van der Waals surface area (Å²) >= 11 is 1.32. The van der Waals surface area contributed by atoms with Crippen LogP contribution >= 0.6 is 11.3 Å². The molecule has 1 heterocycles. The molecule has 1 amide bonds. The second-order valence-electron chi connectivity index (χ2n) is 6.01. The van der Waals surface area contributed by atoms with Crippen molar-refractivity contribution in [2.45, 2.75) is 13.8 Å². The number of esters is 1. The number of aryl methyl sites for hydroxylation is 2. The van der Waals surface area contributed by atoms with Gasteiger partial charge in [0, 0.05) is 0 Å². The Hall–Kier alpha value is -3.52. The van der Waals surface area contributed by atoms with E-state index >= 15 is 0 Å². The lowest BCUT2D eigenvalue weighted by Gasteiger charge is -2.10. The zero-order valence-corrected chi connectivity index (χ0v) is 16.9. The molecule has 0 unspecified atom stereocenters. The van der Waals surface area contributed by atoms with Gasteiger partial charge < -0.3 is 9.47 Å². The van der Waals surface area contributed by atoms with Crippen molar-refractivity contribution in [3.8, 4) is 11.5 Å². The van der Waals surface area contributed by atoms with Crippen molar-refractivity contribution in [2.75, 3.05) is 7.11 Å². The second kappa shape index (κ2) is 9.11. The fourth-order valence-electron chi connectivity index (χ4n) is 2.54. The maximum Gasteiger partial charge on any atom is 0.343 e. The van der Waals surface area contributed by atoms with Crippen molar-refractivity contribution in [2.24, 2.45) is 5.10 Å². The van der Waals surface area contributed by atoms with Gasteiger partial charge in [0.05, 0.1) is 29.6 Å². The van der Waals surface area contributed by atoms with E-state index in [-0.39, 0.29) is 5.91 Å². The molecule has 0 aliphatic rings. The Labute approximate surface area is 172 Å². The van der Waals surface area contributed by atoms with Crippen LogP contribution in [0.3, 0.4) is 0 Å². The van der Waals surface area contributed by atoms with Crippen LogP contribution in [0.25, 0.3) is 0 Å². The number of hydrogen-bond donors (Lipinski definition) is 1. The van der Waals surface area contributed by atoms with Gasteiger partial charge >= 0.3 is 5.97 Å². The van der Waals surface area contributed by atoms with Crippen molar-refractivity contribution in [3.05, 3.63) is 75.2 Å². The number of ether oxygens (including phenoxy) is 2. The molecule has 148 valence electrons. The summed E-state index contributed by atoms with van der Waals surface area (Å²) in [6.07, 6.45) is 1.48. The molecular formula is C21H19N3O4S. The summed E-state index contributed by atoms with van der Waals surface area (Å²) in [6.45, 7) is 3.62. The van der Waals surface area contributed by atoms with E-state index in [4.69, 9.17) is 9.47 Å². The molecule has 0 radical (unpaired) electrons. The van der Waals surface area contributed by atoms with E-state index in [0.717, 1.165) is 5.01 Å². The Balaban J connectivity index is 1.68. The van der Waals surface area contributed by atoms with Crippen LogP contribution in [-0.4, -0.2) is 30.2 Å². The van der Waals surface area contributed by atoms with E-state index in [1.54, 1.807) is 49.4 Å². The van der Waals surface area contributed by atoms with Gasteiger partial charge in [-0.05, 0) is 49.7 Å². The first-order valence-electron chi connectivity index (χ1n) is 8.70. The van der Waals surface area contributed by atoms with Crippen molar-refractivity contribution >= 4 is 29.4 Å². The van der Waals surface area contributed by atoms with Gasteiger partial charge in [0.2, 0.25) is 0 Å². The van der Waals surface area contributed by atoms with Gasteiger partial charge in [0.1, 0.15) is 4.88 Å². The molecule has 0 fully saturated rings. The third kappa shape index (κ3) is 5.05. The highest BCUT2D eigenvalue weighted by molar-refractivity contribution is 7.13. The van der Waals surface area contributed by atoms with Crippen LogP contribution in [-0.2, 0) is 0 Å². The smallest absolute Gasteiger partial charge is 0.343 e. The van der Waals surface area contributed by atoms with E-state index < -0.39 is 5.97 Å². The highest BCUT2D eigenvalue weighted by Gasteiger charge is 2.14. The predicted molar refractivity (Wildman–Crippen MR) is 111 cm³/mol. The molecule has 1 N–H and O–H groups in total. The molecule has 2 aromatic carbocycles. The number of aromatic nitrogens is 1. The number of hydrogen-bond acceptors (Lipinski definition) is 7. The summed E-state index contributed by atoms with van der Waals surface area (Å²) in [5.41, 5.74) is 4.26.